The zero-order valence-electron chi connectivity index (χ0n) is 13.1. The van der Waals surface area contributed by atoms with Crippen LogP contribution in [0.25, 0.3) is 0 Å². The van der Waals surface area contributed by atoms with Crippen molar-refractivity contribution < 1.29 is 14.3 Å². The zero-order valence-corrected chi connectivity index (χ0v) is 13.1. The van der Waals surface area contributed by atoms with Gasteiger partial charge in [0.2, 0.25) is 5.91 Å². The first-order valence-corrected chi connectivity index (χ1v) is 7.91. The van der Waals surface area contributed by atoms with E-state index in [-0.39, 0.29) is 12.5 Å². The second kappa shape index (κ2) is 8.84. The highest BCUT2D eigenvalue weighted by Gasteiger charge is 2.17. The van der Waals surface area contributed by atoms with Crippen molar-refractivity contribution in [2.75, 3.05) is 13.2 Å². The monoisotopic (exact) mass is 314 g/mol. The molecule has 1 aromatic carbocycles. The first-order chi connectivity index (χ1) is 11.2. The number of hydrogen-bond donors (Lipinski definition) is 2. The van der Waals surface area contributed by atoms with Crippen molar-refractivity contribution in [3.8, 4) is 17.6 Å². The molecular formula is C18H22N2O3. The Kier molecular flexibility index (Phi) is 6.49. The molecule has 0 aliphatic heterocycles. The Labute approximate surface area is 136 Å². The van der Waals surface area contributed by atoms with Crippen molar-refractivity contribution in [1.82, 2.24) is 5.32 Å². The number of hydrogen-bond acceptors (Lipinski definition) is 3. The molecule has 1 fully saturated rings. The fourth-order valence-corrected chi connectivity index (χ4v) is 2.72. The summed E-state index contributed by atoms with van der Waals surface area (Å²) in [5.41, 5.74) is 5.60. The molecule has 1 saturated carbocycles. The van der Waals surface area contributed by atoms with Crippen LogP contribution in [0.5, 0.6) is 5.75 Å². The van der Waals surface area contributed by atoms with Crippen molar-refractivity contribution in [3.05, 3.63) is 29.8 Å². The summed E-state index contributed by atoms with van der Waals surface area (Å²) in [6, 6.07) is 6.76. The number of primary amides is 1. The lowest BCUT2D eigenvalue weighted by molar-refractivity contribution is -0.121. The van der Waals surface area contributed by atoms with Gasteiger partial charge in [-0.15, -0.1) is 0 Å². The number of benzene rings is 1. The van der Waals surface area contributed by atoms with Crippen molar-refractivity contribution >= 4 is 11.8 Å². The van der Waals surface area contributed by atoms with Crippen molar-refractivity contribution in [1.29, 1.82) is 0 Å². The number of amides is 2. The van der Waals surface area contributed by atoms with Gasteiger partial charge in [-0.2, -0.15) is 0 Å². The molecule has 1 aliphatic rings. The predicted molar refractivity (Wildman–Crippen MR) is 87.8 cm³/mol. The van der Waals surface area contributed by atoms with Crippen molar-refractivity contribution in [2.45, 2.75) is 32.1 Å². The highest BCUT2D eigenvalue weighted by Crippen LogP contribution is 2.27. The van der Waals surface area contributed by atoms with Gasteiger partial charge in [0.05, 0.1) is 12.1 Å². The van der Waals surface area contributed by atoms with Crippen LogP contribution in [-0.2, 0) is 4.79 Å². The third kappa shape index (κ3) is 5.67. The van der Waals surface area contributed by atoms with E-state index in [2.05, 4.69) is 17.2 Å². The number of carbonyl (C=O) groups excluding carboxylic acids is 2. The minimum Gasteiger partial charge on any atom is -0.480 e. The van der Waals surface area contributed by atoms with Crippen LogP contribution in [0.4, 0.5) is 0 Å². The Morgan fingerprint density at radius 2 is 1.96 bits per heavy atom. The molecule has 3 N–H and O–H groups in total. The van der Waals surface area contributed by atoms with E-state index in [4.69, 9.17) is 10.5 Å². The van der Waals surface area contributed by atoms with Crippen LogP contribution in [0.1, 0.15) is 42.5 Å². The Morgan fingerprint density at radius 3 is 2.70 bits per heavy atom. The van der Waals surface area contributed by atoms with Gasteiger partial charge in [-0.05, 0) is 30.9 Å². The van der Waals surface area contributed by atoms with Gasteiger partial charge in [0, 0.05) is 6.42 Å². The number of rotatable bonds is 6. The quantitative estimate of drug-likeness (QED) is 0.786. The van der Waals surface area contributed by atoms with Crippen LogP contribution in [0.15, 0.2) is 24.3 Å². The highest BCUT2D eigenvalue weighted by atomic mass is 16.5. The summed E-state index contributed by atoms with van der Waals surface area (Å²) in [7, 11) is 0. The van der Waals surface area contributed by atoms with E-state index in [9.17, 15) is 9.59 Å². The summed E-state index contributed by atoms with van der Waals surface area (Å²) < 4.78 is 5.43. The van der Waals surface area contributed by atoms with Crippen LogP contribution >= 0.6 is 0 Å². The number of nitrogens with two attached hydrogens (primary N) is 1. The van der Waals surface area contributed by atoms with Gasteiger partial charge in [0.25, 0.3) is 5.91 Å². The van der Waals surface area contributed by atoms with E-state index < -0.39 is 5.91 Å². The van der Waals surface area contributed by atoms with Gasteiger partial charge in [0.15, 0.2) is 0 Å². The molecule has 0 spiro atoms. The molecule has 0 bridgehead atoms. The van der Waals surface area contributed by atoms with Gasteiger partial charge in [0.1, 0.15) is 12.4 Å². The smallest absolute Gasteiger partial charge is 0.252 e. The van der Waals surface area contributed by atoms with E-state index in [0.29, 0.717) is 30.2 Å². The Hall–Kier alpha value is -2.48. The fourth-order valence-electron chi connectivity index (χ4n) is 2.72. The summed E-state index contributed by atoms with van der Waals surface area (Å²) in [4.78, 5) is 22.9. The summed E-state index contributed by atoms with van der Waals surface area (Å²) in [5, 5.41) is 2.80. The van der Waals surface area contributed by atoms with Gasteiger partial charge < -0.3 is 15.8 Å². The SMILES string of the molecule is NC(=O)c1ccccc1OCC#CCNC(=O)CC1CCCC1. The second-order valence-electron chi connectivity index (χ2n) is 5.63. The van der Waals surface area contributed by atoms with Crippen LogP contribution in [0, 0.1) is 17.8 Å². The Balaban J connectivity index is 1.68. The van der Waals surface area contributed by atoms with Crippen LogP contribution in [0.3, 0.4) is 0 Å². The molecule has 1 aromatic rings. The molecule has 23 heavy (non-hydrogen) atoms. The number of carbonyl (C=O) groups is 2. The van der Waals surface area contributed by atoms with Crippen molar-refractivity contribution in [2.24, 2.45) is 11.7 Å². The fraction of sp³-hybridized carbons (Fsp3) is 0.444. The van der Waals surface area contributed by atoms with Gasteiger partial charge in [-0.25, -0.2) is 0 Å². The molecule has 1 aliphatic carbocycles. The van der Waals surface area contributed by atoms with E-state index in [1.807, 2.05) is 0 Å². The van der Waals surface area contributed by atoms with Crippen LogP contribution in [-0.4, -0.2) is 25.0 Å². The molecule has 0 saturated heterocycles. The maximum absolute atomic E-state index is 11.7. The first-order valence-electron chi connectivity index (χ1n) is 7.91. The lowest BCUT2D eigenvalue weighted by atomic mass is 10.0. The average molecular weight is 314 g/mol. The molecule has 5 heteroatoms. The summed E-state index contributed by atoms with van der Waals surface area (Å²) in [5.74, 6) is 6.13. The first kappa shape index (κ1) is 16.9. The molecular weight excluding hydrogens is 292 g/mol. The molecule has 122 valence electrons. The second-order valence-corrected chi connectivity index (χ2v) is 5.63. The third-order valence-electron chi connectivity index (χ3n) is 3.90. The van der Waals surface area contributed by atoms with Crippen molar-refractivity contribution in [3.63, 3.8) is 0 Å². The Bertz CT molecular complexity index is 610. The largest absolute Gasteiger partial charge is 0.480 e. The maximum Gasteiger partial charge on any atom is 0.252 e. The van der Waals surface area contributed by atoms with Crippen LogP contribution in [0.2, 0.25) is 0 Å². The van der Waals surface area contributed by atoms with Gasteiger partial charge >= 0.3 is 0 Å². The lowest BCUT2D eigenvalue weighted by Crippen LogP contribution is -2.25. The number of nitrogens with one attached hydrogen (secondary N) is 1. The molecule has 0 aromatic heterocycles. The van der Waals surface area contributed by atoms with E-state index in [0.717, 1.165) is 12.8 Å². The summed E-state index contributed by atoms with van der Waals surface area (Å²) >= 11 is 0. The Morgan fingerprint density at radius 1 is 1.22 bits per heavy atom. The number of ether oxygens (including phenoxy) is 1. The molecule has 0 heterocycles. The highest BCUT2D eigenvalue weighted by molar-refractivity contribution is 5.95. The third-order valence-corrected chi connectivity index (χ3v) is 3.90. The maximum atomic E-state index is 11.7. The van der Waals surface area contributed by atoms with Crippen LogP contribution < -0.4 is 15.8 Å². The predicted octanol–water partition coefficient (Wildman–Crippen LogP) is 1.86. The number of para-hydroxylation sites is 1. The molecule has 2 amide bonds. The zero-order chi connectivity index (χ0) is 16.5. The normalized spacial score (nSPS) is 13.9. The van der Waals surface area contributed by atoms with Gasteiger partial charge in [-0.3, -0.25) is 9.59 Å². The minimum atomic E-state index is -0.535. The standard InChI is InChI=1S/C18H22N2O3/c19-18(22)15-9-3-4-10-16(15)23-12-6-5-11-20-17(21)13-14-7-1-2-8-14/h3-4,9-10,14H,1-2,7-8,11-13H2,(H2,19,22)(H,20,21). The molecule has 0 radical (unpaired) electrons. The summed E-state index contributed by atoms with van der Waals surface area (Å²) in [6.45, 7) is 0.454. The molecule has 5 nitrogen and oxygen atoms in total. The van der Waals surface area contributed by atoms with Gasteiger partial charge in [-0.1, -0.05) is 36.8 Å². The van der Waals surface area contributed by atoms with E-state index in [1.165, 1.54) is 12.8 Å². The summed E-state index contributed by atoms with van der Waals surface area (Å²) in [6.07, 6.45) is 5.40. The average Bonchev–Trinajstić information content (AvgIpc) is 3.03. The topological polar surface area (TPSA) is 81.4 Å². The molecule has 0 unspecified atom stereocenters. The molecule has 0 atom stereocenters. The van der Waals surface area contributed by atoms with E-state index in [1.54, 1.807) is 24.3 Å². The van der Waals surface area contributed by atoms with E-state index >= 15 is 0 Å². The minimum absolute atomic E-state index is 0.0613. The molecule has 2 rings (SSSR count). The lowest BCUT2D eigenvalue weighted by Gasteiger charge is -2.07.